The maximum atomic E-state index is 12.2. The molecule has 0 aliphatic carbocycles. The van der Waals surface area contributed by atoms with Gasteiger partial charge in [0.05, 0.1) is 24.1 Å². The van der Waals surface area contributed by atoms with Gasteiger partial charge in [-0.05, 0) is 6.92 Å². The van der Waals surface area contributed by atoms with Crippen LogP contribution in [0.3, 0.4) is 0 Å². The quantitative estimate of drug-likeness (QED) is 0.788. The maximum Gasteiger partial charge on any atom is 0.573 e. The molecular formula is C10H8ClF3N2O. The number of ether oxygens (including phenoxy) is 1. The van der Waals surface area contributed by atoms with Gasteiger partial charge in [0.15, 0.2) is 0 Å². The molecule has 92 valence electrons. The fourth-order valence-corrected chi connectivity index (χ4v) is 1.54. The van der Waals surface area contributed by atoms with Gasteiger partial charge in [-0.1, -0.05) is 0 Å². The Kier molecular flexibility index (Phi) is 4.18. The second-order valence-corrected chi connectivity index (χ2v) is 3.48. The van der Waals surface area contributed by atoms with Gasteiger partial charge in [-0.2, -0.15) is 5.26 Å². The third kappa shape index (κ3) is 3.49. The zero-order valence-corrected chi connectivity index (χ0v) is 9.56. The van der Waals surface area contributed by atoms with Gasteiger partial charge < -0.3 is 4.74 Å². The first-order valence-corrected chi connectivity index (χ1v) is 5.08. The van der Waals surface area contributed by atoms with Crippen LogP contribution < -0.4 is 4.74 Å². The first-order chi connectivity index (χ1) is 7.89. The molecular weight excluding hydrogens is 257 g/mol. The molecule has 0 spiro atoms. The Balaban J connectivity index is 3.29. The molecule has 7 heteroatoms. The molecule has 0 N–H and O–H groups in total. The van der Waals surface area contributed by atoms with Crippen molar-refractivity contribution in [2.45, 2.75) is 25.6 Å². The smallest absolute Gasteiger partial charge is 0.405 e. The predicted octanol–water partition coefficient (Wildman–Crippen LogP) is 3.09. The lowest BCUT2D eigenvalue weighted by Crippen LogP contribution is -2.19. The van der Waals surface area contributed by atoms with E-state index in [0.29, 0.717) is 0 Å². The molecule has 17 heavy (non-hydrogen) atoms. The average molecular weight is 265 g/mol. The van der Waals surface area contributed by atoms with Crippen molar-refractivity contribution < 1.29 is 17.9 Å². The van der Waals surface area contributed by atoms with Gasteiger partial charge in [-0.25, -0.2) is 0 Å². The number of aromatic nitrogens is 1. The highest BCUT2D eigenvalue weighted by molar-refractivity contribution is 6.17. The third-order valence-corrected chi connectivity index (χ3v) is 2.25. The fourth-order valence-electron chi connectivity index (χ4n) is 1.31. The molecule has 0 fully saturated rings. The zero-order chi connectivity index (χ0) is 13.1. The number of hydrogen-bond acceptors (Lipinski definition) is 3. The Hall–Kier alpha value is -1.48. The van der Waals surface area contributed by atoms with Crippen LogP contribution in [0.5, 0.6) is 5.75 Å². The van der Waals surface area contributed by atoms with Crippen LogP contribution in [0.1, 0.15) is 16.8 Å². The van der Waals surface area contributed by atoms with Crippen molar-refractivity contribution in [3.05, 3.63) is 23.0 Å². The second kappa shape index (κ2) is 5.23. The number of pyridine rings is 1. The fraction of sp³-hybridized carbons (Fsp3) is 0.400. The van der Waals surface area contributed by atoms with Crippen molar-refractivity contribution >= 4 is 11.6 Å². The number of aryl methyl sites for hydroxylation is 1. The van der Waals surface area contributed by atoms with Gasteiger partial charge in [0.1, 0.15) is 5.75 Å². The molecule has 3 nitrogen and oxygen atoms in total. The average Bonchev–Trinajstić information content (AvgIpc) is 2.22. The number of nitrogens with zero attached hydrogens (tertiary/aromatic N) is 2. The lowest BCUT2D eigenvalue weighted by atomic mass is 10.1. The molecule has 0 saturated carbocycles. The van der Waals surface area contributed by atoms with Crippen LogP contribution in [-0.2, 0) is 12.3 Å². The molecule has 0 aliphatic rings. The molecule has 1 aromatic heterocycles. The largest absolute Gasteiger partial charge is 0.573 e. The van der Waals surface area contributed by atoms with Crippen LogP contribution in [0.2, 0.25) is 0 Å². The van der Waals surface area contributed by atoms with Crippen molar-refractivity contribution in [1.29, 1.82) is 5.26 Å². The Morgan fingerprint density at radius 2 is 2.18 bits per heavy atom. The molecule has 1 rings (SSSR count). The summed E-state index contributed by atoms with van der Waals surface area (Å²) in [6, 6.07) is 1.77. The summed E-state index contributed by atoms with van der Waals surface area (Å²) in [7, 11) is 0. The molecule has 0 bridgehead atoms. The number of halogens is 4. The molecule has 0 radical (unpaired) electrons. The predicted molar refractivity (Wildman–Crippen MR) is 54.5 cm³/mol. The SMILES string of the molecule is Cc1cnc(CCl)c(CC#N)c1OC(F)(F)F. The molecule has 0 unspecified atom stereocenters. The second-order valence-electron chi connectivity index (χ2n) is 3.21. The lowest BCUT2D eigenvalue weighted by molar-refractivity contribution is -0.275. The van der Waals surface area contributed by atoms with Crippen molar-refractivity contribution in [2.75, 3.05) is 0 Å². The van der Waals surface area contributed by atoms with Gasteiger partial charge in [0, 0.05) is 17.3 Å². The molecule has 1 heterocycles. The number of hydrogen-bond donors (Lipinski definition) is 0. The number of rotatable bonds is 3. The lowest BCUT2D eigenvalue weighted by Gasteiger charge is -2.15. The van der Waals surface area contributed by atoms with E-state index in [9.17, 15) is 13.2 Å². The molecule has 0 aliphatic heterocycles. The van der Waals surface area contributed by atoms with Crippen molar-refractivity contribution in [1.82, 2.24) is 4.98 Å². The van der Waals surface area contributed by atoms with Crippen LogP contribution in [0.25, 0.3) is 0 Å². The van der Waals surface area contributed by atoms with E-state index in [1.807, 2.05) is 0 Å². The Bertz CT molecular complexity index is 454. The van der Waals surface area contributed by atoms with Crippen LogP contribution in [0, 0.1) is 18.3 Å². The van der Waals surface area contributed by atoms with E-state index in [1.54, 1.807) is 6.07 Å². The first-order valence-electron chi connectivity index (χ1n) is 4.55. The van der Waals surface area contributed by atoms with E-state index < -0.39 is 6.36 Å². The minimum Gasteiger partial charge on any atom is -0.405 e. The maximum absolute atomic E-state index is 12.2. The highest BCUT2D eigenvalue weighted by Gasteiger charge is 2.33. The van der Waals surface area contributed by atoms with E-state index in [0.717, 1.165) is 0 Å². The summed E-state index contributed by atoms with van der Waals surface area (Å²) in [6.07, 6.45) is -3.80. The van der Waals surface area contributed by atoms with Crippen molar-refractivity contribution in [3.63, 3.8) is 0 Å². The van der Waals surface area contributed by atoms with Crippen molar-refractivity contribution in [3.8, 4) is 11.8 Å². The van der Waals surface area contributed by atoms with Crippen molar-refractivity contribution in [2.24, 2.45) is 0 Å². The monoisotopic (exact) mass is 264 g/mol. The topological polar surface area (TPSA) is 45.9 Å². The standard InChI is InChI=1S/C10H8ClF3N2O/c1-6-5-16-8(4-11)7(2-3-15)9(6)17-10(12,13)14/h5H,2,4H2,1H3. The molecule has 0 amide bonds. The number of nitriles is 1. The summed E-state index contributed by atoms with van der Waals surface area (Å²) in [4.78, 5) is 3.88. The minimum atomic E-state index is -4.81. The zero-order valence-electron chi connectivity index (χ0n) is 8.81. The Morgan fingerprint density at radius 1 is 1.53 bits per heavy atom. The summed E-state index contributed by atoms with van der Waals surface area (Å²) >= 11 is 5.55. The van der Waals surface area contributed by atoms with E-state index in [4.69, 9.17) is 16.9 Å². The normalized spacial score (nSPS) is 11.1. The van der Waals surface area contributed by atoms with Crippen LogP contribution in [0.15, 0.2) is 6.20 Å². The highest BCUT2D eigenvalue weighted by atomic mass is 35.5. The van der Waals surface area contributed by atoms with Gasteiger partial charge in [-0.15, -0.1) is 24.8 Å². The summed E-state index contributed by atoms with van der Waals surface area (Å²) < 4.78 is 40.6. The summed E-state index contributed by atoms with van der Waals surface area (Å²) in [5.41, 5.74) is 0.513. The van der Waals surface area contributed by atoms with E-state index in [2.05, 4.69) is 9.72 Å². The Morgan fingerprint density at radius 3 is 2.65 bits per heavy atom. The molecule has 0 saturated heterocycles. The summed E-state index contributed by atoms with van der Waals surface area (Å²) in [5.74, 6) is -0.462. The van der Waals surface area contributed by atoms with Gasteiger partial charge in [0.25, 0.3) is 0 Å². The molecule has 0 atom stereocenters. The van der Waals surface area contributed by atoms with Gasteiger partial charge in [0.2, 0.25) is 0 Å². The van der Waals surface area contributed by atoms with E-state index in [1.165, 1.54) is 13.1 Å². The van der Waals surface area contributed by atoms with Gasteiger partial charge in [-0.3, -0.25) is 4.98 Å². The molecule has 1 aromatic rings. The summed E-state index contributed by atoms with van der Waals surface area (Å²) in [6.45, 7) is 1.42. The van der Waals surface area contributed by atoms with Crippen LogP contribution in [-0.4, -0.2) is 11.3 Å². The van der Waals surface area contributed by atoms with Crippen LogP contribution >= 0.6 is 11.6 Å². The minimum absolute atomic E-state index is 0.0779. The molecule has 0 aromatic carbocycles. The third-order valence-electron chi connectivity index (χ3n) is 1.99. The van der Waals surface area contributed by atoms with Gasteiger partial charge >= 0.3 is 6.36 Å². The van der Waals surface area contributed by atoms with E-state index in [-0.39, 0.29) is 34.9 Å². The summed E-state index contributed by atoms with van der Waals surface area (Å²) in [5, 5.41) is 8.60. The first kappa shape index (κ1) is 13.6. The van der Waals surface area contributed by atoms with E-state index >= 15 is 0 Å². The Labute approximate surface area is 101 Å². The number of alkyl halides is 4. The highest BCUT2D eigenvalue weighted by Crippen LogP contribution is 2.31. The van der Waals surface area contributed by atoms with Crippen LogP contribution in [0.4, 0.5) is 13.2 Å².